The normalized spacial score (nSPS) is 22.2. The van der Waals surface area contributed by atoms with Gasteiger partial charge in [-0.2, -0.15) is 0 Å². The summed E-state index contributed by atoms with van der Waals surface area (Å²) in [5.41, 5.74) is 0.974. The van der Waals surface area contributed by atoms with Crippen LogP contribution in [0.5, 0.6) is 5.75 Å². The Labute approximate surface area is 199 Å². The summed E-state index contributed by atoms with van der Waals surface area (Å²) in [6, 6.07) is 5.15. The van der Waals surface area contributed by atoms with E-state index in [1.165, 1.54) is 19.3 Å². The molecule has 6 heteroatoms. The lowest BCUT2D eigenvalue weighted by atomic mass is 9.74. The number of phenolic OH excluding ortho intramolecular Hbond substituents is 1. The minimum Gasteiger partial charge on any atom is -0.507 e. The molecule has 0 amide bonds. The Balaban J connectivity index is 1.73. The molecule has 4 rings (SSSR count). The Morgan fingerprint density at radius 1 is 1.15 bits per heavy atom. The molecule has 0 bridgehead atoms. The predicted molar refractivity (Wildman–Crippen MR) is 128 cm³/mol. The van der Waals surface area contributed by atoms with Gasteiger partial charge in [0.15, 0.2) is 11.4 Å². The van der Waals surface area contributed by atoms with E-state index in [0.717, 1.165) is 31.2 Å². The zero-order valence-corrected chi connectivity index (χ0v) is 20.1. The molecule has 3 aliphatic rings. The van der Waals surface area contributed by atoms with E-state index in [4.69, 9.17) is 9.47 Å². The van der Waals surface area contributed by atoms with Gasteiger partial charge in [-0.25, -0.2) is 4.79 Å². The second-order valence-corrected chi connectivity index (χ2v) is 9.38. The molecule has 1 aliphatic carbocycles. The second kappa shape index (κ2) is 9.09. The average Bonchev–Trinajstić information content (AvgIpc) is 3.07. The smallest absolute Gasteiger partial charge is 0.343 e. The molecule has 0 saturated heterocycles. The minimum absolute atomic E-state index is 0.0574. The van der Waals surface area contributed by atoms with Gasteiger partial charge in [0.2, 0.25) is 5.78 Å². The van der Waals surface area contributed by atoms with Crippen molar-refractivity contribution in [3.63, 3.8) is 0 Å². The van der Waals surface area contributed by atoms with Gasteiger partial charge in [-0.15, -0.1) is 0 Å². The van der Waals surface area contributed by atoms with Gasteiger partial charge in [-0.1, -0.05) is 51.7 Å². The van der Waals surface area contributed by atoms with E-state index in [9.17, 15) is 19.5 Å². The van der Waals surface area contributed by atoms with Gasteiger partial charge < -0.3 is 14.6 Å². The summed E-state index contributed by atoms with van der Waals surface area (Å²) >= 11 is 0. The van der Waals surface area contributed by atoms with Crippen molar-refractivity contribution in [2.75, 3.05) is 0 Å². The van der Waals surface area contributed by atoms with Crippen LogP contribution in [0.4, 0.5) is 0 Å². The number of ketones is 2. The highest BCUT2D eigenvalue weighted by atomic mass is 16.6. The standard InChI is InChI=1S/C28H30O6/c1-5-6-7-8-10-17(3)26(31)24-25-19-15-33-21(23-16(2)11-9-12-20(23)29)13-18(19)14-22(30)28(25,4)34-27(24)32/h9,11-15,17,29H,5-8,10H2,1-4H3. The fourth-order valence-electron chi connectivity index (χ4n) is 4.82. The van der Waals surface area contributed by atoms with Crippen molar-refractivity contribution in [3.8, 4) is 5.75 Å². The number of aromatic hydroxyl groups is 1. The molecular weight excluding hydrogens is 432 g/mol. The van der Waals surface area contributed by atoms with E-state index in [2.05, 4.69) is 6.92 Å². The number of hydrogen-bond acceptors (Lipinski definition) is 6. The number of unbranched alkanes of at least 4 members (excludes halogenated alkanes) is 3. The zero-order chi connectivity index (χ0) is 24.6. The molecule has 2 unspecified atom stereocenters. The number of aryl methyl sites for hydroxylation is 1. The number of esters is 1. The molecule has 0 saturated carbocycles. The first-order valence-corrected chi connectivity index (χ1v) is 11.9. The first-order chi connectivity index (χ1) is 16.2. The third-order valence-corrected chi connectivity index (χ3v) is 6.84. The molecule has 0 aromatic heterocycles. The first kappa shape index (κ1) is 23.7. The van der Waals surface area contributed by atoms with E-state index in [1.54, 1.807) is 18.2 Å². The summed E-state index contributed by atoms with van der Waals surface area (Å²) in [7, 11) is 0. The van der Waals surface area contributed by atoms with E-state index < -0.39 is 17.4 Å². The summed E-state index contributed by atoms with van der Waals surface area (Å²) in [6.07, 6.45) is 9.31. The molecule has 1 aromatic rings. The third-order valence-electron chi connectivity index (χ3n) is 6.84. The molecule has 2 atom stereocenters. The van der Waals surface area contributed by atoms with E-state index in [1.807, 2.05) is 19.9 Å². The van der Waals surface area contributed by atoms with Gasteiger partial charge in [-0.05, 0) is 49.6 Å². The first-order valence-electron chi connectivity index (χ1n) is 11.9. The lowest BCUT2D eigenvalue weighted by molar-refractivity contribution is -0.153. The average molecular weight is 463 g/mol. The van der Waals surface area contributed by atoms with Crippen molar-refractivity contribution in [2.45, 2.75) is 65.4 Å². The fourth-order valence-corrected chi connectivity index (χ4v) is 4.82. The van der Waals surface area contributed by atoms with Gasteiger partial charge in [-0.3, -0.25) is 9.59 Å². The molecule has 34 heavy (non-hydrogen) atoms. The maximum absolute atomic E-state index is 13.4. The second-order valence-electron chi connectivity index (χ2n) is 9.38. The maximum Gasteiger partial charge on any atom is 0.343 e. The molecule has 6 nitrogen and oxygen atoms in total. The van der Waals surface area contributed by atoms with E-state index in [0.29, 0.717) is 28.9 Å². The van der Waals surface area contributed by atoms with Crippen LogP contribution >= 0.6 is 0 Å². The molecule has 1 aromatic carbocycles. The van der Waals surface area contributed by atoms with Crippen molar-refractivity contribution in [1.29, 1.82) is 0 Å². The van der Waals surface area contributed by atoms with Crippen LogP contribution < -0.4 is 0 Å². The van der Waals surface area contributed by atoms with Crippen LogP contribution in [-0.4, -0.2) is 28.2 Å². The highest BCUT2D eigenvalue weighted by Crippen LogP contribution is 2.48. The number of ether oxygens (including phenoxy) is 2. The monoisotopic (exact) mass is 462 g/mol. The number of allylic oxidation sites excluding steroid dienone is 2. The third kappa shape index (κ3) is 3.91. The number of Topliss-reactive ketones (excluding diaryl/α,β-unsaturated/α-hetero) is 1. The molecule has 178 valence electrons. The van der Waals surface area contributed by atoms with Crippen LogP contribution in [0.3, 0.4) is 0 Å². The Morgan fingerprint density at radius 3 is 2.62 bits per heavy atom. The van der Waals surface area contributed by atoms with E-state index >= 15 is 0 Å². The molecule has 0 radical (unpaired) electrons. The van der Waals surface area contributed by atoms with E-state index in [-0.39, 0.29) is 28.6 Å². The lowest BCUT2D eigenvalue weighted by Gasteiger charge is -2.31. The summed E-state index contributed by atoms with van der Waals surface area (Å²) in [6.45, 7) is 7.31. The van der Waals surface area contributed by atoms with Crippen LogP contribution in [0.25, 0.3) is 5.76 Å². The topological polar surface area (TPSA) is 89.9 Å². The molecule has 1 N–H and O–H groups in total. The highest BCUT2D eigenvalue weighted by Gasteiger charge is 2.55. The largest absolute Gasteiger partial charge is 0.507 e. The molecule has 2 heterocycles. The van der Waals surface area contributed by atoms with Crippen LogP contribution in [0, 0.1) is 12.8 Å². The summed E-state index contributed by atoms with van der Waals surface area (Å²) in [4.78, 5) is 39.3. The fraction of sp³-hybridized carbons (Fsp3) is 0.393. The van der Waals surface area contributed by atoms with Crippen molar-refractivity contribution < 1.29 is 29.0 Å². The van der Waals surface area contributed by atoms with Gasteiger partial charge in [0.25, 0.3) is 0 Å². The Kier molecular flexibility index (Phi) is 6.34. The number of benzene rings is 1. The van der Waals surface area contributed by atoms with Gasteiger partial charge in [0.05, 0.1) is 11.8 Å². The van der Waals surface area contributed by atoms with Crippen molar-refractivity contribution in [3.05, 3.63) is 70.0 Å². The van der Waals surface area contributed by atoms with Gasteiger partial charge in [0, 0.05) is 17.1 Å². The number of carbonyl (C=O) groups excluding carboxylic acids is 3. The van der Waals surface area contributed by atoms with Gasteiger partial charge >= 0.3 is 5.97 Å². The Hall–Kier alpha value is -3.41. The summed E-state index contributed by atoms with van der Waals surface area (Å²) in [5.74, 6) is -1.40. The van der Waals surface area contributed by atoms with Crippen LogP contribution in [0.1, 0.15) is 64.0 Å². The van der Waals surface area contributed by atoms with Crippen LogP contribution in [-0.2, 0) is 23.9 Å². The number of phenols is 1. The highest BCUT2D eigenvalue weighted by molar-refractivity contribution is 6.25. The Morgan fingerprint density at radius 2 is 1.91 bits per heavy atom. The predicted octanol–water partition coefficient (Wildman–Crippen LogP) is 5.25. The molecule has 0 fully saturated rings. The van der Waals surface area contributed by atoms with Crippen molar-refractivity contribution in [1.82, 2.24) is 0 Å². The number of fused-ring (bicyclic) bond motifs is 3. The van der Waals surface area contributed by atoms with Gasteiger partial charge in [0.1, 0.15) is 17.1 Å². The van der Waals surface area contributed by atoms with Crippen LogP contribution in [0.15, 0.2) is 58.9 Å². The number of rotatable bonds is 8. The van der Waals surface area contributed by atoms with Crippen LogP contribution in [0.2, 0.25) is 0 Å². The number of carbonyl (C=O) groups is 3. The number of hydrogen-bond donors (Lipinski definition) is 1. The Bertz CT molecular complexity index is 1170. The molecular formula is C28H30O6. The SMILES string of the molecule is CCCCCCC(C)C(=O)C1=C2C3=COC(c4c(C)cccc4O)=CC3=CC(=O)C2(C)OC1=O. The molecule has 2 aliphatic heterocycles. The van der Waals surface area contributed by atoms with Crippen molar-refractivity contribution >= 4 is 23.3 Å². The lowest BCUT2D eigenvalue weighted by Crippen LogP contribution is -2.40. The summed E-state index contributed by atoms with van der Waals surface area (Å²) < 4.78 is 11.4. The van der Waals surface area contributed by atoms with Crippen molar-refractivity contribution in [2.24, 2.45) is 5.92 Å². The quantitative estimate of drug-likeness (QED) is 0.322. The maximum atomic E-state index is 13.4. The minimum atomic E-state index is -1.56. The summed E-state index contributed by atoms with van der Waals surface area (Å²) in [5, 5.41) is 10.4. The zero-order valence-electron chi connectivity index (χ0n) is 20.1. The molecule has 0 spiro atoms.